The molecule has 9 nitrogen and oxygen atoms in total. The Morgan fingerprint density at radius 3 is 2.62 bits per heavy atom. The van der Waals surface area contributed by atoms with E-state index in [-0.39, 0.29) is 50.0 Å². The fourth-order valence-corrected chi connectivity index (χ4v) is 7.05. The van der Waals surface area contributed by atoms with Crippen LogP contribution in [0.1, 0.15) is 50.5 Å². The molecule has 1 saturated carbocycles. The number of hydrogen-bond acceptors (Lipinski definition) is 6. The Kier molecular flexibility index (Phi) is 7.45. The van der Waals surface area contributed by atoms with Gasteiger partial charge in [-0.25, -0.2) is 13.2 Å². The molecule has 34 heavy (non-hydrogen) atoms. The fourth-order valence-electron chi connectivity index (χ4n) is 5.33. The van der Waals surface area contributed by atoms with Crippen LogP contribution in [0.3, 0.4) is 0 Å². The first-order valence-electron chi connectivity index (χ1n) is 12.0. The van der Waals surface area contributed by atoms with E-state index < -0.39 is 39.0 Å². The minimum atomic E-state index is -3.63. The summed E-state index contributed by atoms with van der Waals surface area (Å²) in [5.41, 5.74) is 0.717. The van der Waals surface area contributed by atoms with Crippen molar-refractivity contribution in [1.29, 1.82) is 0 Å². The van der Waals surface area contributed by atoms with E-state index in [2.05, 4.69) is 5.32 Å². The third-order valence-electron chi connectivity index (χ3n) is 7.15. The lowest BCUT2D eigenvalue weighted by Crippen LogP contribution is -2.55. The lowest BCUT2D eigenvalue weighted by molar-refractivity contribution is -0.150. The maximum absolute atomic E-state index is 13.7. The van der Waals surface area contributed by atoms with Crippen molar-refractivity contribution >= 4 is 27.6 Å². The smallest absolute Gasteiger partial charge is 0.326 e. The number of carboxylic acids is 1. The SMILES string of the molecule is O=C1Cc2cccc(c2)OCCCS(=O)(=O)[C@@H]2C[C@@H](C(=O)O)N(C2)C(=O)[C@H](C2CCCCC2)N1. The number of ether oxygens (including phenoxy) is 1. The van der Waals surface area contributed by atoms with Gasteiger partial charge in [-0.1, -0.05) is 31.4 Å². The average molecular weight is 493 g/mol. The van der Waals surface area contributed by atoms with Crippen LogP contribution in [0.4, 0.5) is 0 Å². The number of carbonyl (C=O) groups excluding carboxylic acids is 2. The van der Waals surface area contributed by atoms with Crippen LogP contribution in [0.2, 0.25) is 0 Å². The van der Waals surface area contributed by atoms with Gasteiger partial charge in [-0.3, -0.25) is 9.59 Å². The second-order valence-corrected chi connectivity index (χ2v) is 11.9. The van der Waals surface area contributed by atoms with Crippen molar-refractivity contribution in [2.45, 2.75) is 68.7 Å². The van der Waals surface area contributed by atoms with Gasteiger partial charge < -0.3 is 20.1 Å². The van der Waals surface area contributed by atoms with Gasteiger partial charge in [-0.2, -0.15) is 0 Å². The van der Waals surface area contributed by atoms with Crippen LogP contribution in [0.15, 0.2) is 24.3 Å². The molecule has 1 aromatic rings. The van der Waals surface area contributed by atoms with Crippen molar-refractivity contribution in [3.05, 3.63) is 29.8 Å². The highest BCUT2D eigenvalue weighted by Gasteiger charge is 2.47. The molecule has 0 unspecified atom stereocenters. The van der Waals surface area contributed by atoms with Crippen molar-refractivity contribution in [3.8, 4) is 5.75 Å². The third kappa shape index (κ3) is 5.54. The van der Waals surface area contributed by atoms with Crippen LogP contribution in [0.25, 0.3) is 0 Å². The average Bonchev–Trinajstić information content (AvgIpc) is 3.27. The molecule has 4 bridgehead atoms. The van der Waals surface area contributed by atoms with Gasteiger partial charge in [0.2, 0.25) is 11.8 Å². The molecule has 1 aromatic carbocycles. The Hall–Kier alpha value is -2.62. The maximum atomic E-state index is 13.7. The highest BCUT2D eigenvalue weighted by molar-refractivity contribution is 7.92. The van der Waals surface area contributed by atoms with E-state index in [1.54, 1.807) is 24.3 Å². The number of nitrogens with one attached hydrogen (secondary N) is 1. The van der Waals surface area contributed by atoms with Crippen molar-refractivity contribution in [1.82, 2.24) is 10.2 Å². The van der Waals surface area contributed by atoms with E-state index in [4.69, 9.17) is 4.74 Å². The van der Waals surface area contributed by atoms with E-state index in [0.29, 0.717) is 11.3 Å². The first kappa shape index (κ1) is 24.5. The molecule has 0 radical (unpaired) electrons. The summed E-state index contributed by atoms with van der Waals surface area (Å²) in [5, 5.41) is 11.7. The number of hydrogen-bond donors (Lipinski definition) is 2. The minimum absolute atomic E-state index is 0.0626. The van der Waals surface area contributed by atoms with Crippen LogP contribution in [0, 0.1) is 5.92 Å². The molecule has 10 heteroatoms. The number of aliphatic carboxylic acids is 1. The fraction of sp³-hybridized carbons (Fsp3) is 0.625. The van der Waals surface area contributed by atoms with Gasteiger partial charge in [0.15, 0.2) is 9.84 Å². The highest BCUT2D eigenvalue weighted by atomic mass is 32.2. The standard InChI is InChI=1S/C24H32N2O7S/c27-21-13-16-6-4-9-18(12-16)33-10-5-11-34(31,32)19-14-20(24(29)30)26(15-19)23(28)22(25-21)17-7-2-1-3-8-17/h4,6,9,12,17,19-20,22H,1-3,5,7-8,10-11,13-15H2,(H,25,27)(H,29,30)/t19-,20+,22+/m1/s1. The van der Waals surface area contributed by atoms with Crippen LogP contribution < -0.4 is 10.1 Å². The summed E-state index contributed by atoms with van der Waals surface area (Å²) in [6, 6.07) is 4.96. The summed E-state index contributed by atoms with van der Waals surface area (Å²) in [7, 11) is -3.63. The summed E-state index contributed by atoms with van der Waals surface area (Å²) in [5.74, 6) is -1.75. The largest absolute Gasteiger partial charge is 0.494 e. The first-order chi connectivity index (χ1) is 16.2. The number of nitrogens with zero attached hydrogens (tertiary/aromatic N) is 1. The quantitative estimate of drug-likeness (QED) is 0.641. The summed E-state index contributed by atoms with van der Waals surface area (Å²) in [4.78, 5) is 39.8. The number of amides is 2. The molecule has 2 amide bonds. The van der Waals surface area contributed by atoms with Gasteiger partial charge in [0.1, 0.15) is 17.8 Å². The van der Waals surface area contributed by atoms with E-state index >= 15 is 0 Å². The highest BCUT2D eigenvalue weighted by Crippen LogP contribution is 2.31. The van der Waals surface area contributed by atoms with Crippen molar-refractivity contribution in [2.75, 3.05) is 18.9 Å². The summed E-state index contributed by atoms with van der Waals surface area (Å²) in [6.45, 7) is 0.00742. The maximum Gasteiger partial charge on any atom is 0.326 e. The number of sulfone groups is 1. The molecule has 2 fully saturated rings. The summed E-state index contributed by atoms with van der Waals surface area (Å²) >= 11 is 0. The van der Waals surface area contributed by atoms with Crippen LogP contribution in [-0.4, -0.2) is 72.4 Å². The summed E-state index contributed by atoms with van der Waals surface area (Å²) in [6.07, 6.45) is 4.61. The summed E-state index contributed by atoms with van der Waals surface area (Å²) < 4.78 is 31.7. The molecule has 4 rings (SSSR count). The predicted molar refractivity (Wildman–Crippen MR) is 124 cm³/mol. The normalized spacial score (nSPS) is 28.7. The zero-order valence-corrected chi connectivity index (χ0v) is 20.0. The number of benzene rings is 1. The van der Waals surface area contributed by atoms with Gasteiger partial charge in [0, 0.05) is 6.54 Å². The minimum Gasteiger partial charge on any atom is -0.494 e. The Balaban J connectivity index is 1.67. The molecular weight excluding hydrogens is 460 g/mol. The number of rotatable bonds is 2. The van der Waals surface area contributed by atoms with Gasteiger partial charge in [0.25, 0.3) is 0 Å². The molecule has 1 saturated heterocycles. The number of carboxylic acid groups (broad SMARTS) is 1. The molecule has 3 aliphatic rings. The lowest BCUT2D eigenvalue weighted by atomic mass is 9.83. The molecule has 2 heterocycles. The molecule has 0 spiro atoms. The van der Waals surface area contributed by atoms with Crippen LogP contribution in [-0.2, 0) is 30.6 Å². The van der Waals surface area contributed by atoms with Gasteiger partial charge in [0.05, 0.1) is 24.0 Å². The molecule has 2 aliphatic heterocycles. The first-order valence-corrected chi connectivity index (χ1v) is 13.7. The van der Waals surface area contributed by atoms with Crippen molar-refractivity contribution in [2.24, 2.45) is 5.92 Å². The zero-order chi connectivity index (χ0) is 24.3. The van der Waals surface area contributed by atoms with Crippen LogP contribution in [0.5, 0.6) is 5.75 Å². The van der Waals surface area contributed by atoms with E-state index in [9.17, 15) is 27.9 Å². The van der Waals surface area contributed by atoms with Gasteiger partial charge in [-0.15, -0.1) is 0 Å². The Bertz CT molecular complexity index is 1040. The topological polar surface area (TPSA) is 130 Å². The molecule has 3 atom stereocenters. The Labute approximate surface area is 199 Å². The van der Waals surface area contributed by atoms with Gasteiger partial charge in [-0.05, 0) is 49.3 Å². The van der Waals surface area contributed by atoms with Crippen LogP contribution >= 0.6 is 0 Å². The second kappa shape index (κ2) is 10.3. The molecule has 186 valence electrons. The number of fused-ring (bicyclic) bond motifs is 4. The van der Waals surface area contributed by atoms with E-state index in [1.165, 1.54) is 4.90 Å². The second-order valence-electron chi connectivity index (χ2n) is 9.54. The Morgan fingerprint density at radius 2 is 1.88 bits per heavy atom. The molecule has 0 aromatic heterocycles. The van der Waals surface area contributed by atoms with Crippen molar-refractivity contribution < 1.29 is 32.6 Å². The van der Waals surface area contributed by atoms with Crippen molar-refractivity contribution in [3.63, 3.8) is 0 Å². The van der Waals surface area contributed by atoms with E-state index in [1.807, 2.05) is 0 Å². The third-order valence-corrected chi connectivity index (χ3v) is 9.36. The van der Waals surface area contributed by atoms with E-state index in [0.717, 1.165) is 32.1 Å². The number of carbonyl (C=O) groups is 3. The Morgan fingerprint density at radius 1 is 1.12 bits per heavy atom. The zero-order valence-electron chi connectivity index (χ0n) is 19.1. The predicted octanol–water partition coefficient (Wildman–Crippen LogP) is 1.55. The molecular formula is C24H32N2O7S. The van der Waals surface area contributed by atoms with Gasteiger partial charge >= 0.3 is 5.97 Å². The molecule has 2 N–H and O–H groups in total. The monoisotopic (exact) mass is 492 g/mol. The molecule has 1 aliphatic carbocycles. The lowest BCUT2D eigenvalue weighted by Gasteiger charge is -2.34.